The van der Waals surface area contributed by atoms with Crippen molar-refractivity contribution >= 4 is 31.9 Å². The van der Waals surface area contributed by atoms with Gasteiger partial charge in [-0.25, -0.2) is 13.2 Å². The number of aryl methyl sites for hydroxylation is 2. The first-order valence-electron chi connectivity index (χ1n) is 7.81. The van der Waals surface area contributed by atoms with E-state index < -0.39 is 22.6 Å². The largest absolute Gasteiger partial charge is 0.480 e. The molecule has 134 valence electrons. The minimum atomic E-state index is -3.65. The van der Waals surface area contributed by atoms with Crippen molar-refractivity contribution in [2.45, 2.75) is 44.0 Å². The lowest BCUT2D eigenvalue weighted by molar-refractivity contribution is -0.142. The number of aliphatic carboxylic acids is 1. The van der Waals surface area contributed by atoms with Crippen LogP contribution >= 0.6 is 15.9 Å². The summed E-state index contributed by atoms with van der Waals surface area (Å²) in [5.41, 5.74) is 1.38. The van der Waals surface area contributed by atoms with Gasteiger partial charge in [-0.3, -0.25) is 0 Å². The Bertz CT molecular complexity index is 696. The Hall–Kier alpha value is -0.960. The van der Waals surface area contributed by atoms with E-state index in [2.05, 4.69) is 15.9 Å². The van der Waals surface area contributed by atoms with E-state index in [-0.39, 0.29) is 12.6 Å². The van der Waals surface area contributed by atoms with Crippen LogP contribution in [0.1, 0.15) is 30.4 Å². The van der Waals surface area contributed by atoms with E-state index in [1.807, 2.05) is 0 Å². The van der Waals surface area contributed by atoms with E-state index in [9.17, 15) is 13.2 Å². The number of sulfonamides is 1. The maximum Gasteiger partial charge on any atom is 0.329 e. The number of carbonyl (C=O) groups is 1. The zero-order valence-electron chi connectivity index (χ0n) is 13.8. The lowest BCUT2D eigenvalue weighted by atomic mass is 10.1. The number of nitrogens with zero attached hydrogens (tertiary/aromatic N) is 1. The second-order valence-corrected chi connectivity index (χ2v) is 8.79. The molecule has 1 aromatic rings. The molecule has 0 bridgehead atoms. The van der Waals surface area contributed by atoms with Gasteiger partial charge in [0, 0.05) is 17.1 Å². The summed E-state index contributed by atoms with van der Waals surface area (Å²) < 4.78 is 33.9. The third kappa shape index (κ3) is 4.36. The van der Waals surface area contributed by atoms with Crippen LogP contribution < -0.4 is 0 Å². The molecule has 1 saturated heterocycles. The summed E-state index contributed by atoms with van der Waals surface area (Å²) in [6, 6.07) is 3.25. The van der Waals surface area contributed by atoms with Gasteiger partial charge in [-0.05, 0) is 49.9 Å². The van der Waals surface area contributed by atoms with Gasteiger partial charge in [0.15, 0.2) is 0 Å². The van der Waals surface area contributed by atoms with Crippen molar-refractivity contribution in [1.29, 1.82) is 0 Å². The molecule has 2 rings (SSSR count). The third-order valence-electron chi connectivity index (χ3n) is 4.10. The maximum atomic E-state index is 13.2. The monoisotopic (exact) mass is 419 g/mol. The number of halogens is 1. The van der Waals surface area contributed by atoms with Crippen molar-refractivity contribution in [1.82, 2.24) is 4.31 Å². The van der Waals surface area contributed by atoms with Crippen LogP contribution in [0.2, 0.25) is 0 Å². The van der Waals surface area contributed by atoms with Crippen LogP contribution in [0.25, 0.3) is 0 Å². The van der Waals surface area contributed by atoms with Crippen molar-refractivity contribution in [2.75, 3.05) is 19.8 Å². The lowest BCUT2D eigenvalue weighted by Gasteiger charge is -2.35. The molecule has 1 fully saturated rings. The van der Waals surface area contributed by atoms with Gasteiger partial charge in [0.25, 0.3) is 0 Å². The van der Waals surface area contributed by atoms with Crippen LogP contribution in [0.3, 0.4) is 0 Å². The molecule has 1 unspecified atom stereocenters. The fourth-order valence-corrected chi connectivity index (χ4v) is 5.94. The number of hydrogen-bond acceptors (Lipinski definition) is 4. The smallest absolute Gasteiger partial charge is 0.329 e. The third-order valence-corrected chi connectivity index (χ3v) is 6.82. The first-order valence-corrected chi connectivity index (χ1v) is 10.0. The molecule has 0 radical (unpaired) electrons. The molecule has 1 aliphatic rings. The number of ether oxygens (including phenoxy) is 1. The Balaban J connectivity index is 2.30. The summed E-state index contributed by atoms with van der Waals surface area (Å²) >= 11 is 3.39. The fourth-order valence-electron chi connectivity index (χ4n) is 3.16. The minimum Gasteiger partial charge on any atom is -0.480 e. The normalized spacial score (nSPS) is 19.4. The van der Waals surface area contributed by atoms with Crippen LogP contribution in [-0.2, 0) is 19.6 Å². The molecule has 6 nitrogen and oxygen atoms in total. The molecule has 1 aliphatic heterocycles. The first kappa shape index (κ1) is 19.4. The Morgan fingerprint density at radius 1 is 1.33 bits per heavy atom. The maximum absolute atomic E-state index is 13.2. The summed E-state index contributed by atoms with van der Waals surface area (Å²) in [6.45, 7) is 3.67. The molecule has 1 atom stereocenters. The molecule has 24 heavy (non-hydrogen) atoms. The van der Waals surface area contributed by atoms with Crippen molar-refractivity contribution < 1.29 is 23.1 Å². The van der Waals surface area contributed by atoms with Crippen molar-refractivity contribution in [3.63, 3.8) is 0 Å². The fraction of sp³-hybridized carbons (Fsp3) is 0.562. The van der Waals surface area contributed by atoms with Gasteiger partial charge < -0.3 is 9.84 Å². The van der Waals surface area contributed by atoms with Crippen molar-refractivity contribution in [3.8, 4) is 0 Å². The Morgan fingerprint density at radius 3 is 2.54 bits per heavy atom. The van der Waals surface area contributed by atoms with E-state index in [4.69, 9.17) is 9.84 Å². The molecule has 0 amide bonds. The SMILES string of the molecule is Cc1cc(Br)cc(C)c1S(=O)(=O)N1CCCCC1COCC(=O)O. The van der Waals surface area contributed by atoms with Crippen LogP contribution in [0.15, 0.2) is 21.5 Å². The zero-order chi connectivity index (χ0) is 17.9. The average molecular weight is 420 g/mol. The molecule has 8 heteroatoms. The summed E-state index contributed by atoms with van der Waals surface area (Å²) in [7, 11) is -3.65. The molecular formula is C16H22BrNO5S. The topological polar surface area (TPSA) is 83.9 Å². The van der Waals surface area contributed by atoms with Gasteiger partial charge in [0.2, 0.25) is 10.0 Å². The minimum absolute atomic E-state index is 0.0974. The second-order valence-electron chi connectivity index (χ2n) is 6.04. The summed E-state index contributed by atoms with van der Waals surface area (Å²) in [5, 5.41) is 8.68. The number of piperidine rings is 1. The molecule has 0 aliphatic carbocycles. The Labute approximate surface area is 151 Å². The highest BCUT2D eigenvalue weighted by atomic mass is 79.9. The van der Waals surface area contributed by atoms with Gasteiger partial charge in [-0.15, -0.1) is 0 Å². The quantitative estimate of drug-likeness (QED) is 0.765. The lowest BCUT2D eigenvalue weighted by Crippen LogP contribution is -2.46. The van der Waals surface area contributed by atoms with E-state index >= 15 is 0 Å². The van der Waals surface area contributed by atoms with Gasteiger partial charge >= 0.3 is 5.97 Å². The average Bonchev–Trinajstić information content (AvgIpc) is 2.45. The van der Waals surface area contributed by atoms with Gasteiger partial charge in [0.1, 0.15) is 6.61 Å². The van der Waals surface area contributed by atoms with Gasteiger partial charge in [0.05, 0.1) is 11.5 Å². The Morgan fingerprint density at radius 2 is 1.96 bits per heavy atom. The van der Waals surface area contributed by atoms with Crippen LogP contribution in [0, 0.1) is 13.8 Å². The van der Waals surface area contributed by atoms with E-state index in [0.717, 1.165) is 17.3 Å². The standard InChI is InChI=1S/C16H22BrNO5S/c1-11-7-13(17)8-12(2)16(11)24(21,22)18-6-4-3-5-14(18)9-23-10-15(19)20/h7-8,14H,3-6,9-10H2,1-2H3,(H,19,20). The number of hydrogen-bond donors (Lipinski definition) is 1. The number of benzene rings is 1. The van der Waals surface area contributed by atoms with E-state index in [1.54, 1.807) is 26.0 Å². The molecule has 1 heterocycles. The number of rotatable bonds is 6. The molecule has 0 saturated carbocycles. The highest BCUT2D eigenvalue weighted by molar-refractivity contribution is 9.10. The zero-order valence-corrected chi connectivity index (χ0v) is 16.2. The van der Waals surface area contributed by atoms with Crippen LogP contribution in [-0.4, -0.2) is 49.6 Å². The summed E-state index contributed by atoms with van der Waals surface area (Å²) in [6.07, 6.45) is 2.38. The second kappa shape index (κ2) is 7.95. The number of carboxylic acid groups (broad SMARTS) is 1. The molecule has 0 aromatic heterocycles. The van der Waals surface area contributed by atoms with Crippen molar-refractivity contribution in [2.24, 2.45) is 0 Å². The molecular weight excluding hydrogens is 398 g/mol. The molecule has 1 N–H and O–H groups in total. The predicted molar refractivity (Wildman–Crippen MR) is 93.6 cm³/mol. The van der Waals surface area contributed by atoms with E-state index in [0.29, 0.717) is 29.0 Å². The highest BCUT2D eigenvalue weighted by Gasteiger charge is 2.35. The van der Waals surface area contributed by atoms with E-state index in [1.165, 1.54) is 4.31 Å². The highest BCUT2D eigenvalue weighted by Crippen LogP contribution is 2.31. The van der Waals surface area contributed by atoms with Crippen LogP contribution in [0.5, 0.6) is 0 Å². The first-order chi connectivity index (χ1) is 11.2. The predicted octanol–water partition coefficient (Wildman–Crippen LogP) is 2.71. The molecule has 0 spiro atoms. The van der Waals surface area contributed by atoms with Gasteiger partial charge in [-0.2, -0.15) is 4.31 Å². The number of carboxylic acids is 1. The van der Waals surface area contributed by atoms with Crippen molar-refractivity contribution in [3.05, 3.63) is 27.7 Å². The summed E-state index contributed by atoms with van der Waals surface area (Å²) in [4.78, 5) is 10.9. The Kier molecular flexibility index (Phi) is 6.41. The molecule has 1 aromatic carbocycles. The van der Waals surface area contributed by atoms with Crippen LogP contribution in [0.4, 0.5) is 0 Å². The summed E-state index contributed by atoms with van der Waals surface area (Å²) in [5.74, 6) is -1.06. The van der Waals surface area contributed by atoms with Gasteiger partial charge in [-0.1, -0.05) is 22.4 Å².